The lowest BCUT2D eigenvalue weighted by atomic mass is 9.77. The number of carbonyl (C=O) groups is 1. The second-order valence-corrected chi connectivity index (χ2v) is 7.71. The monoisotopic (exact) mass is 329 g/mol. The molecule has 130 valence electrons. The molecule has 0 aliphatic carbocycles. The molecule has 5 nitrogen and oxygen atoms in total. The molecule has 0 aromatic carbocycles. The van der Waals surface area contributed by atoms with Gasteiger partial charge in [-0.2, -0.15) is 0 Å². The van der Waals surface area contributed by atoms with Crippen molar-refractivity contribution in [3.63, 3.8) is 0 Å². The molecular weight excluding hydrogens is 302 g/mol. The normalized spacial score (nSPS) is 27.0. The van der Waals surface area contributed by atoms with Crippen molar-refractivity contribution in [1.29, 1.82) is 0 Å². The Morgan fingerprint density at radius 3 is 2.83 bits per heavy atom. The summed E-state index contributed by atoms with van der Waals surface area (Å²) >= 11 is 0. The zero-order chi connectivity index (χ0) is 16.4. The van der Waals surface area contributed by atoms with Gasteiger partial charge in [-0.25, -0.2) is 0 Å². The third kappa shape index (κ3) is 3.33. The van der Waals surface area contributed by atoms with Crippen molar-refractivity contribution in [1.82, 2.24) is 14.8 Å². The lowest BCUT2D eigenvalue weighted by molar-refractivity contribution is -0.137. The predicted octanol–water partition coefficient (Wildman–Crippen LogP) is 1.93. The third-order valence-corrected chi connectivity index (χ3v) is 6.06. The van der Waals surface area contributed by atoms with Gasteiger partial charge in [0, 0.05) is 45.2 Å². The maximum Gasteiger partial charge on any atom is 0.228 e. The van der Waals surface area contributed by atoms with E-state index in [1.54, 1.807) is 0 Å². The molecule has 1 unspecified atom stereocenters. The summed E-state index contributed by atoms with van der Waals surface area (Å²) in [6, 6.07) is 4.17. The van der Waals surface area contributed by atoms with Crippen molar-refractivity contribution in [2.24, 2.45) is 11.3 Å². The Balaban J connectivity index is 1.30. The van der Waals surface area contributed by atoms with Crippen LogP contribution in [-0.4, -0.2) is 60.1 Å². The molecule has 1 amide bonds. The maximum atomic E-state index is 12.5. The van der Waals surface area contributed by atoms with Gasteiger partial charge in [0.2, 0.25) is 5.91 Å². The minimum Gasteiger partial charge on any atom is -0.381 e. The summed E-state index contributed by atoms with van der Waals surface area (Å²) in [7, 11) is 0. The van der Waals surface area contributed by atoms with Crippen molar-refractivity contribution >= 4 is 5.91 Å². The molecule has 3 aliphatic rings. The van der Waals surface area contributed by atoms with Crippen LogP contribution in [0.3, 0.4) is 0 Å². The van der Waals surface area contributed by atoms with E-state index in [9.17, 15) is 4.79 Å². The van der Waals surface area contributed by atoms with E-state index in [0.29, 0.717) is 17.9 Å². The van der Waals surface area contributed by atoms with E-state index in [4.69, 9.17) is 4.74 Å². The fourth-order valence-corrected chi connectivity index (χ4v) is 4.51. The number of ether oxygens (including phenoxy) is 1. The number of aromatic nitrogens is 1. The summed E-state index contributed by atoms with van der Waals surface area (Å²) < 4.78 is 5.37. The Morgan fingerprint density at radius 1 is 1.29 bits per heavy atom. The zero-order valence-corrected chi connectivity index (χ0v) is 14.3. The molecule has 4 rings (SSSR count). The first-order chi connectivity index (χ1) is 11.7. The number of carbonyl (C=O) groups excluding carboxylic acids is 1. The second kappa shape index (κ2) is 6.81. The first kappa shape index (κ1) is 16.0. The highest BCUT2D eigenvalue weighted by atomic mass is 16.5. The van der Waals surface area contributed by atoms with E-state index in [1.165, 1.54) is 18.5 Å². The van der Waals surface area contributed by atoms with Gasteiger partial charge in [-0.1, -0.05) is 6.07 Å². The van der Waals surface area contributed by atoms with Gasteiger partial charge in [0.15, 0.2) is 0 Å². The van der Waals surface area contributed by atoms with Gasteiger partial charge in [-0.05, 0) is 49.3 Å². The van der Waals surface area contributed by atoms with Crippen molar-refractivity contribution in [2.45, 2.75) is 32.2 Å². The molecular formula is C19H27N3O2. The smallest absolute Gasteiger partial charge is 0.228 e. The van der Waals surface area contributed by atoms with E-state index >= 15 is 0 Å². The summed E-state index contributed by atoms with van der Waals surface area (Å²) in [5, 5.41) is 0. The number of nitrogens with zero attached hydrogens (tertiary/aromatic N) is 3. The number of hydrogen-bond acceptors (Lipinski definition) is 4. The van der Waals surface area contributed by atoms with Crippen molar-refractivity contribution in [2.75, 3.05) is 39.4 Å². The number of hydrogen-bond donors (Lipinski definition) is 0. The average molecular weight is 329 g/mol. The van der Waals surface area contributed by atoms with Crippen LogP contribution in [0.5, 0.6) is 0 Å². The molecule has 1 atom stereocenters. The van der Waals surface area contributed by atoms with Gasteiger partial charge >= 0.3 is 0 Å². The Morgan fingerprint density at radius 2 is 2.12 bits per heavy atom. The Labute approximate surface area is 144 Å². The Hall–Kier alpha value is -1.46. The van der Waals surface area contributed by atoms with Crippen LogP contribution in [0.2, 0.25) is 0 Å². The van der Waals surface area contributed by atoms with Crippen molar-refractivity contribution in [3.05, 3.63) is 30.1 Å². The van der Waals surface area contributed by atoms with Crippen LogP contribution in [0.15, 0.2) is 24.5 Å². The van der Waals surface area contributed by atoms with E-state index < -0.39 is 0 Å². The maximum absolute atomic E-state index is 12.5. The quantitative estimate of drug-likeness (QED) is 0.850. The fourth-order valence-electron chi connectivity index (χ4n) is 4.51. The van der Waals surface area contributed by atoms with Crippen LogP contribution in [0.1, 0.15) is 31.2 Å². The lowest BCUT2D eigenvalue weighted by Crippen LogP contribution is -2.46. The number of likely N-dealkylation sites (tertiary alicyclic amines) is 2. The highest BCUT2D eigenvalue weighted by Gasteiger charge is 2.42. The topological polar surface area (TPSA) is 45.7 Å². The first-order valence-corrected chi connectivity index (χ1v) is 9.22. The summed E-state index contributed by atoms with van der Waals surface area (Å²) in [6.07, 6.45) is 8.26. The molecule has 0 bridgehead atoms. The van der Waals surface area contributed by atoms with Gasteiger partial charge in [-0.15, -0.1) is 0 Å². The zero-order valence-electron chi connectivity index (χ0n) is 14.3. The molecule has 4 heterocycles. The van der Waals surface area contributed by atoms with Gasteiger partial charge in [-0.3, -0.25) is 14.7 Å². The van der Waals surface area contributed by atoms with Gasteiger partial charge in [0.05, 0.1) is 12.5 Å². The molecule has 1 aromatic rings. The molecule has 24 heavy (non-hydrogen) atoms. The van der Waals surface area contributed by atoms with Crippen LogP contribution in [0, 0.1) is 11.3 Å². The molecule has 3 fully saturated rings. The Kier molecular flexibility index (Phi) is 4.55. The van der Waals surface area contributed by atoms with Gasteiger partial charge < -0.3 is 9.64 Å². The van der Waals surface area contributed by atoms with Crippen LogP contribution in [-0.2, 0) is 16.1 Å². The van der Waals surface area contributed by atoms with Crippen LogP contribution in [0.4, 0.5) is 0 Å². The van der Waals surface area contributed by atoms with Crippen LogP contribution < -0.4 is 0 Å². The number of piperidine rings is 1. The molecule has 5 heteroatoms. The fraction of sp³-hybridized carbons (Fsp3) is 0.684. The minimum absolute atomic E-state index is 0.115. The van der Waals surface area contributed by atoms with Crippen molar-refractivity contribution in [3.8, 4) is 0 Å². The molecule has 3 aliphatic heterocycles. The summed E-state index contributed by atoms with van der Waals surface area (Å²) in [5.41, 5.74) is 1.72. The number of amides is 1. The Bertz CT molecular complexity index is 563. The third-order valence-electron chi connectivity index (χ3n) is 6.06. The highest BCUT2D eigenvalue weighted by molar-refractivity contribution is 5.79. The molecule has 0 radical (unpaired) electrons. The molecule has 0 saturated carbocycles. The van der Waals surface area contributed by atoms with E-state index in [-0.39, 0.29) is 5.92 Å². The summed E-state index contributed by atoms with van der Waals surface area (Å²) in [4.78, 5) is 21.4. The van der Waals surface area contributed by atoms with E-state index in [2.05, 4.69) is 20.9 Å². The SMILES string of the molecule is O=C(C1CCOC1)N1CCC2(CCN(Cc3cccnc3)C2)CC1. The predicted molar refractivity (Wildman–Crippen MR) is 91.3 cm³/mol. The molecule has 1 aromatic heterocycles. The van der Waals surface area contributed by atoms with Crippen LogP contribution in [0.25, 0.3) is 0 Å². The van der Waals surface area contributed by atoms with Crippen LogP contribution >= 0.6 is 0 Å². The number of rotatable bonds is 3. The molecule has 0 N–H and O–H groups in total. The average Bonchev–Trinajstić information content (AvgIpc) is 3.27. The first-order valence-electron chi connectivity index (χ1n) is 9.22. The van der Waals surface area contributed by atoms with Gasteiger partial charge in [0.25, 0.3) is 0 Å². The highest BCUT2D eigenvalue weighted by Crippen LogP contribution is 2.41. The molecule has 3 saturated heterocycles. The van der Waals surface area contributed by atoms with E-state index in [0.717, 1.165) is 52.0 Å². The minimum atomic E-state index is 0.115. The summed E-state index contributed by atoms with van der Waals surface area (Å²) in [6.45, 7) is 6.55. The lowest BCUT2D eigenvalue weighted by Gasteiger charge is -2.40. The number of pyridine rings is 1. The van der Waals surface area contributed by atoms with Crippen molar-refractivity contribution < 1.29 is 9.53 Å². The largest absolute Gasteiger partial charge is 0.381 e. The van der Waals surface area contributed by atoms with Gasteiger partial charge in [0.1, 0.15) is 0 Å². The molecule has 1 spiro atoms. The van der Waals surface area contributed by atoms with E-state index in [1.807, 2.05) is 18.5 Å². The standard InChI is InChI=1S/C19H27N3O2/c23-18(17-3-11-24-14-17)22-9-5-19(6-10-22)4-8-21(15-19)13-16-2-1-7-20-12-16/h1-2,7,12,17H,3-6,8-11,13-15H2. The summed E-state index contributed by atoms with van der Waals surface area (Å²) in [5.74, 6) is 0.442. The second-order valence-electron chi connectivity index (χ2n) is 7.71.